The number of methoxy groups -OCH3 is 1. The van der Waals surface area contributed by atoms with Gasteiger partial charge in [-0.25, -0.2) is 11.3 Å². The van der Waals surface area contributed by atoms with Gasteiger partial charge in [0, 0.05) is 23.2 Å². The first-order valence-corrected chi connectivity index (χ1v) is 9.95. The van der Waals surface area contributed by atoms with Crippen LogP contribution in [0.1, 0.15) is 35.0 Å². The van der Waals surface area contributed by atoms with Crippen molar-refractivity contribution in [2.45, 2.75) is 31.8 Å². The highest BCUT2D eigenvalue weighted by Crippen LogP contribution is 2.44. The molecule has 0 bridgehead atoms. The van der Waals surface area contributed by atoms with Crippen LogP contribution in [0.3, 0.4) is 0 Å². The van der Waals surface area contributed by atoms with Crippen LogP contribution >= 0.6 is 11.3 Å². The first kappa shape index (κ1) is 16.2. The third-order valence-corrected chi connectivity index (χ3v) is 6.72. The number of allylic oxidation sites excluding steroid dienone is 1. The van der Waals surface area contributed by atoms with E-state index in [4.69, 9.17) is 10.6 Å². The Bertz CT molecular complexity index is 826. The topological polar surface area (TPSA) is 77.8 Å². The van der Waals surface area contributed by atoms with E-state index in [9.17, 15) is 0 Å². The lowest BCUT2D eigenvalue weighted by atomic mass is 9.93. The molecule has 1 aliphatic carbocycles. The van der Waals surface area contributed by atoms with Gasteiger partial charge in [-0.15, -0.1) is 11.3 Å². The summed E-state index contributed by atoms with van der Waals surface area (Å²) in [4.78, 5) is 1.52. The molecule has 1 aromatic rings. The number of thiophene rings is 1. The van der Waals surface area contributed by atoms with Gasteiger partial charge in [0.1, 0.15) is 6.17 Å². The van der Waals surface area contributed by atoms with Crippen molar-refractivity contribution in [1.29, 1.82) is 0 Å². The summed E-state index contributed by atoms with van der Waals surface area (Å²) in [6, 6.07) is 0. The van der Waals surface area contributed by atoms with Gasteiger partial charge in [-0.3, -0.25) is 15.3 Å². The molecule has 0 aromatic carbocycles. The third kappa shape index (κ3) is 2.37. The van der Waals surface area contributed by atoms with Crippen LogP contribution in [0.2, 0.25) is 0 Å². The highest BCUT2D eigenvalue weighted by Gasteiger charge is 2.35. The predicted octanol–water partition coefficient (Wildman–Crippen LogP) is 1.86. The molecule has 0 saturated heterocycles. The number of nitrogens with zero attached hydrogens (tertiary/aromatic N) is 2. The molecule has 1 atom stereocenters. The van der Waals surface area contributed by atoms with E-state index in [1.807, 2.05) is 33.6 Å². The van der Waals surface area contributed by atoms with Crippen molar-refractivity contribution in [2.75, 3.05) is 25.6 Å². The highest BCUT2D eigenvalue weighted by molar-refractivity contribution is 7.16. The monoisotopic (exact) mass is 372 g/mol. The molecule has 4 heterocycles. The molecular weight excluding hydrogens is 348 g/mol. The lowest BCUT2D eigenvalue weighted by molar-refractivity contribution is 0.190. The van der Waals surface area contributed by atoms with Gasteiger partial charge in [0.15, 0.2) is 5.76 Å². The Kier molecular flexibility index (Phi) is 3.93. The molecule has 0 spiro atoms. The van der Waals surface area contributed by atoms with Crippen molar-refractivity contribution >= 4 is 16.3 Å². The summed E-state index contributed by atoms with van der Waals surface area (Å²) in [6.07, 6.45) is 10.9. The van der Waals surface area contributed by atoms with Crippen molar-refractivity contribution in [2.24, 2.45) is 5.84 Å². The quantitative estimate of drug-likeness (QED) is 0.477. The lowest BCUT2D eigenvalue weighted by Gasteiger charge is -2.37. The molecule has 5 rings (SSSR count). The Morgan fingerprint density at radius 2 is 2.23 bits per heavy atom. The molecule has 138 valence electrons. The SMILES string of the molecule is COC1=C(N(N)C2NCNc3sc4c(c32)CCCC4)C=CN2NCC=C12. The van der Waals surface area contributed by atoms with Crippen LogP contribution in [-0.4, -0.2) is 30.3 Å². The van der Waals surface area contributed by atoms with E-state index in [1.165, 1.54) is 40.3 Å². The third-order valence-electron chi connectivity index (χ3n) is 5.45. The number of ether oxygens (including phenoxy) is 1. The fraction of sp³-hybridized carbons (Fsp3) is 0.444. The lowest BCUT2D eigenvalue weighted by Crippen LogP contribution is -2.47. The minimum atomic E-state index is -0.0596. The molecule has 7 nitrogen and oxygen atoms in total. The van der Waals surface area contributed by atoms with Crippen LogP contribution in [0, 0.1) is 0 Å². The van der Waals surface area contributed by atoms with Gasteiger partial charge >= 0.3 is 0 Å². The van der Waals surface area contributed by atoms with Crippen LogP contribution < -0.4 is 21.9 Å². The van der Waals surface area contributed by atoms with E-state index >= 15 is 0 Å². The molecular formula is C18H24N6OS. The van der Waals surface area contributed by atoms with Gasteiger partial charge in [-0.05, 0) is 43.4 Å². The Morgan fingerprint density at radius 1 is 1.35 bits per heavy atom. The van der Waals surface area contributed by atoms with Crippen LogP contribution in [0.15, 0.2) is 35.5 Å². The van der Waals surface area contributed by atoms with Gasteiger partial charge < -0.3 is 10.1 Å². The highest BCUT2D eigenvalue weighted by atomic mass is 32.1. The van der Waals surface area contributed by atoms with Crippen molar-refractivity contribution in [3.63, 3.8) is 0 Å². The fourth-order valence-electron chi connectivity index (χ4n) is 4.24. The Balaban J connectivity index is 1.55. The predicted molar refractivity (Wildman–Crippen MR) is 102 cm³/mol. The van der Waals surface area contributed by atoms with E-state index in [1.54, 1.807) is 7.11 Å². The average molecular weight is 372 g/mol. The summed E-state index contributed by atoms with van der Waals surface area (Å²) in [6.45, 7) is 1.50. The minimum Gasteiger partial charge on any atom is -0.492 e. The Hall–Kier alpha value is -2.00. The molecule has 0 radical (unpaired) electrons. The van der Waals surface area contributed by atoms with Crippen LogP contribution in [0.25, 0.3) is 0 Å². The summed E-state index contributed by atoms with van der Waals surface area (Å²) in [5.74, 6) is 7.47. The number of anilines is 1. The zero-order valence-corrected chi connectivity index (χ0v) is 15.7. The maximum atomic E-state index is 6.67. The van der Waals surface area contributed by atoms with Gasteiger partial charge in [0.05, 0.1) is 30.2 Å². The van der Waals surface area contributed by atoms with E-state index < -0.39 is 0 Å². The number of hydrogen-bond donors (Lipinski definition) is 4. The molecule has 0 amide bonds. The second-order valence-electron chi connectivity index (χ2n) is 6.88. The smallest absolute Gasteiger partial charge is 0.168 e. The Morgan fingerprint density at radius 3 is 3.12 bits per heavy atom. The molecule has 0 fully saturated rings. The molecule has 4 aliphatic rings. The van der Waals surface area contributed by atoms with Crippen molar-refractivity contribution in [1.82, 2.24) is 20.8 Å². The molecule has 8 heteroatoms. The Labute approximate surface area is 157 Å². The summed E-state index contributed by atoms with van der Waals surface area (Å²) in [7, 11) is 1.70. The summed E-state index contributed by atoms with van der Waals surface area (Å²) in [5, 5.41) is 12.1. The van der Waals surface area contributed by atoms with E-state index in [0.29, 0.717) is 6.67 Å². The van der Waals surface area contributed by atoms with Crippen LogP contribution in [0.4, 0.5) is 5.00 Å². The first-order chi connectivity index (χ1) is 12.8. The van der Waals surface area contributed by atoms with Gasteiger partial charge in [-0.1, -0.05) is 0 Å². The maximum Gasteiger partial charge on any atom is 0.168 e. The average Bonchev–Trinajstić information content (AvgIpc) is 3.30. The van der Waals surface area contributed by atoms with E-state index in [2.05, 4.69) is 22.1 Å². The van der Waals surface area contributed by atoms with Crippen LogP contribution in [-0.2, 0) is 17.6 Å². The zero-order chi connectivity index (χ0) is 17.7. The van der Waals surface area contributed by atoms with E-state index in [-0.39, 0.29) is 6.17 Å². The number of fused-ring (bicyclic) bond motifs is 4. The van der Waals surface area contributed by atoms with Gasteiger partial charge in [0.2, 0.25) is 0 Å². The van der Waals surface area contributed by atoms with E-state index in [0.717, 1.165) is 30.1 Å². The summed E-state index contributed by atoms with van der Waals surface area (Å²) in [5.41, 5.74) is 7.98. The molecule has 1 aromatic heterocycles. The number of aryl methyl sites for hydroxylation is 1. The van der Waals surface area contributed by atoms with Gasteiger partial charge in [-0.2, -0.15) is 0 Å². The molecule has 26 heavy (non-hydrogen) atoms. The van der Waals surface area contributed by atoms with Gasteiger partial charge in [0.25, 0.3) is 0 Å². The number of nitrogens with two attached hydrogens (primary N) is 1. The molecule has 3 aliphatic heterocycles. The largest absolute Gasteiger partial charge is 0.492 e. The normalized spacial score (nSPS) is 23.8. The van der Waals surface area contributed by atoms with Crippen molar-refractivity contribution in [3.8, 4) is 0 Å². The minimum absolute atomic E-state index is 0.0596. The summed E-state index contributed by atoms with van der Waals surface area (Å²) >= 11 is 1.90. The molecule has 0 saturated carbocycles. The zero-order valence-electron chi connectivity index (χ0n) is 14.8. The first-order valence-electron chi connectivity index (χ1n) is 9.13. The second-order valence-corrected chi connectivity index (χ2v) is 7.98. The molecule has 1 unspecified atom stereocenters. The number of hydrazine groups is 2. The van der Waals surface area contributed by atoms with Crippen molar-refractivity contribution in [3.05, 3.63) is 51.5 Å². The molecule has 5 N–H and O–H groups in total. The standard InChI is InChI=1S/C18H24N6OS/c1-25-16-12-6-8-22-23(12)9-7-13(16)24(19)17-15-11-4-2-3-5-14(11)26-18(15)21-10-20-17/h6-7,9,17,20-22H,2-5,8,10,19H2,1H3. The van der Waals surface area contributed by atoms with Crippen molar-refractivity contribution < 1.29 is 4.74 Å². The van der Waals surface area contributed by atoms with Crippen LogP contribution in [0.5, 0.6) is 0 Å². The number of nitrogens with one attached hydrogen (secondary N) is 3. The number of hydrogen-bond acceptors (Lipinski definition) is 8. The second kappa shape index (κ2) is 6.31. The summed E-state index contributed by atoms with van der Waals surface area (Å²) < 4.78 is 5.73. The maximum absolute atomic E-state index is 6.67. The number of rotatable bonds is 3. The fourth-order valence-corrected chi connectivity index (χ4v) is 5.56.